The molecule has 4 rings (SSSR count). The molecule has 1 aliphatic rings. The average molecular weight is 600 g/mol. The van der Waals surface area contributed by atoms with Crippen LogP contribution >= 0.6 is 27.3 Å². The number of aryl methyl sites for hydroxylation is 1. The normalized spacial score (nSPS) is 15.4. The molecule has 2 heterocycles. The van der Waals surface area contributed by atoms with Crippen LogP contribution in [0.15, 0.2) is 61.9 Å². The number of thiazole rings is 1. The Morgan fingerprint density at radius 2 is 1.87 bits per heavy atom. The van der Waals surface area contributed by atoms with Gasteiger partial charge in [-0.2, -0.15) is 0 Å². The van der Waals surface area contributed by atoms with Gasteiger partial charge in [-0.1, -0.05) is 41.2 Å². The maximum Gasteiger partial charge on any atom is 0.338 e. The fraction of sp³-hybridized carbons (Fsp3) is 0.345. The molecule has 7 nitrogen and oxygen atoms in total. The second kappa shape index (κ2) is 11.7. The molecule has 1 aliphatic heterocycles. The average Bonchev–Trinajstić information content (AvgIpc) is 3.15. The summed E-state index contributed by atoms with van der Waals surface area (Å²) < 4.78 is 20.0. The molecule has 0 radical (unpaired) electrons. The van der Waals surface area contributed by atoms with Crippen LogP contribution in [0.25, 0.3) is 6.08 Å². The van der Waals surface area contributed by atoms with Gasteiger partial charge in [0.1, 0.15) is 0 Å². The quantitative estimate of drug-likeness (QED) is 0.339. The molecule has 2 aromatic carbocycles. The van der Waals surface area contributed by atoms with Crippen molar-refractivity contribution in [3.8, 4) is 11.5 Å². The van der Waals surface area contributed by atoms with Crippen molar-refractivity contribution >= 4 is 39.3 Å². The molecule has 9 heteroatoms. The fourth-order valence-corrected chi connectivity index (χ4v) is 5.89. The highest BCUT2D eigenvalue weighted by Gasteiger charge is 2.33. The molecule has 0 aliphatic carbocycles. The lowest BCUT2D eigenvalue weighted by Crippen LogP contribution is -2.39. The summed E-state index contributed by atoms with van der Waals surface area (Å²) in [6, 6.07) is 10.9. The second-order valence-electron chi connectivity index (χ2n) is 9.14. The van der Waals surface area contributed by atoms with Crippen molar-refractivity contribution in [1.82, 2.24) is 4.57 Å². The minimum atomic E-state index is -0.638. The minimum absolute atomic E-state index is 0.0290. The van der Waals surface area contributed by atoms with Gasteiger partial charge in [0.2, 0.25) is 0 Å². The number of ether oxygens (including phenoxy) is 3. The van der Waals surface area contributed by atoms with Crippen molar-refractivity contribution in [3.63, 3.8) is 0 Å². The first-order chi connectivity index (χ1) is 18.1. The molecule has 0 unspecified atom stereocenters. The van der Waals surface area contributed by atoms with Crippen molar-refractivity contribution in [3.05, 3.63) is 88.5 Å². The summed E-state index contributed by atoms with van der Waals surface area (Å²) in [5, 5.41) is 0. The first-order valence-corrected chi connectivity index (χ1v) is 14.1. The smallest absolute Gasteiger partial charge is 0.338 e. The predicted octanol–water partition coefficient (Wildman–Crippen LogP) is 5.06. The van der Waals surface area contributed by atoms with E-state index in [0.29, 0.717) is 38.7 Å². The number of aromatic nitrogens is 1. The zero-order valence-electron chi connectivity index (χ0n) is 22.3. The number of fused-ring (bicyclic) bond motifs is 1. The molecular formula is C29H31BrN2O5S. The third kappa shape index (κ3) is 5.63. The van der Waals surface area contributed by atoms with Gasteiger partial charge >= 0.3 is 5.97 Å². The van der Waals surface area contributed by atoms with Crippen molar-refractivity contribution in [2.45, 2.75) is 53.7 Å². The Bertz CT molecular complexity index is 1570. The number of hydrogen-bond acceptors (Lipinski definition) is 7. The first-order valence-electron chi connectivity index (χ1n) is 12.5. The van der Waals surface area contributed by atoms with E-state index in [1.807, 2.05) is 70.2 Å². The number of rotatable bonds is 8. The maximum atomic E-state index is 13.8. The van der Waals surface area contributed by atoms with Gasteiger partial charge in [0.25, 0.3) is 5.56 Å². The van der Waals surface area contributed by atoms with Gasteiger partial charge in [0, 0.05) is 0 Å². The molecule has 1 aromatic heterocycles. The Labute approximate surface area is 234 Å². The lowest BCUT2D eigenvalue weighted by molar-refractivity contribution is -0.139. The van der Waals surface area contributed by atoms with Gasteiger partial charge in [0.15, 0.2) is 16.3 Å². The Balaban J connectivity index is 1.90. The minimum Gasteiger partial charge on any atom is -0.490 e. The zero-order valence-corrected chi connectivity index (χ0v) is 24.7. The van der Waals surface area contributed by atoms with Crippen molar-refractivity contribution in [2.75, 3.05) is 13.2 Å². The van der Waals surface area contributed by atoms with E-state index in [9.17, 15) is 9.59 Å². The molecule has 0 N–H and O–H groups in total. The van der Waals surface area contributed by atoms with Gasteiger partial charge < -0.3 is 14.2 Å². The number of hydrogen-bond donors (Lipinski definition) is 0. The van der Waals surface area contributed by atoms with Gasteiger partial charge in [-0.05, 0) is 86.8 Å². The van der Waals surface area contributed by atoms with E-state index < -0.39 is 12.0 Å². The van der Waals surface area contributed by atoms with Crippen molar-refractivity contribution < 1.29 is 19.0 Å². The summed E-state index contributed by atoms with van der Waals surface area (Å²) in [5.74, 6) is 0.738. The fourth-order valence-electron chi connectivity index (χ4n) is 4.29. The van der Waals surface area contributed by atoms with E-state index in [0.717, 1.165) is 21.2 Å². The van der Waals surface area contributed by atoms with E-state index >= 15 is 0 Å². The first kappa shape index (κ1) is 27.9. The summed E-state index contributed by atoms with van der Waals surface area (Å²) >= 11 is 4.88. The largest absolute Gasteiger partial charge is 0.490 e. The number of allylic oxidation sites excluding steroid dienone is 1. The van der Waals surface area contributed by atoms with E-state index in [4.69, 9.17) is 14.2 Å². The van der Waals surface area contributed by atoms with Crippen LogP contribution in [-0.2, 0) is 9.53 Å². The van der Waals surface area contributed by atoms with Crippen LogP contribution in [0.5, 0.6) is 11.5 Å². The van der Waals surface area contributed by atoms with Gasteiger partial charge in [-0.25, -0.2) is 9.79 Å². The summed E-state index contributed by atoms with van der Waals surface area (Å²) in [5.41, 5.74) is 3.35. The van der Waals surface area contributed by atoms with Crippen LogP contribution in [0, 0.1) is 6.92 Å². The summed E-state index contributed by atoms with van der Waals surface area (Å²) in [6.45, 7) is 12.1. The summed E-state index contributed by atoms with van der Waals surface area (Å²) in [7, 11) is 0. The van der Waals surface area contributed by atoms with Crippen molar-refractivity contribution in [1.29, 1.82) is 0 Å². The monoisotopic (exact) mass is 598 g/mol. The third-order valence-electron chi connectivity index (χ3n) is 5.89. The molecular weight excluding hydrogens is 568 g/mol. The number of nitrogens with zero attached hydrogens (tertiary/aromatic N) is 2. The van der Waals surface area contributed by atoms with E-state index in [1.165, 1.54) is 11.3 Å². The molecule has 0 saturated heterocycles. The number of benzene rings is 2. The molecule has 200 valence electrons. The Morgan fingerprint density at radius 3 is 2.50 bits per heavy atom. The number of carbonyl (C=O) groups excluding carboxylic acids is 1. The summed E-state index contributed by atoms with van der Waals surface area (Å²) in [4.78, 5) is 32.1. The molecule has 0 saturated carbocycles. The van der Waals surface area contributed by atoms with Crippen LogP contribution in [0.4, 0.5) is 0 Å². The van der Waals surface area contributed by atoms with E-state index in [2.05, 4.69) is 20.9 Å². The topological polar surface area (TPSA) is 79.1 Å². The number of carbonyl (C=O) groups is 1. The maximum absolute atomic E-state index is 13.8. The van der Waals surface area contributed by atoms with E-state index in [1.54, 1.807) is 18.4 Å². The SMILES string of the molecule is CCOC(=O)C1=C(C)N=c2s/c(=C\c3cc(Br)c(OC(C)C)c(OCC)c3)c(=O)n2[C@@H]1c1ccc(C)cc1. The van der Waals surface area contributed by atoms with Crippen molar-refractivity contribution in [2.24, 2.45) is 4.99 Å². The summed E-state index contributed by atoms with van der Waals surface area (Å²) in [6.07, 6.45) is 1.78. The highest BCUT2D eigenvalue weighted by Crippen LogP contribution is 2.38. The third-order valence-corrected chi connectivity index (χ3v) is 7.47. The lowest BCUT2D eigenvalue weighted by Gasteiger charge is -2.24. The molecule has 0 fully saturated rings. The number of halogens is 1. The highest BCUT2D eigenvalue weighted by molar-refractivity contribution is 9.10. The molecule has 0 spiro atoms. The van der Waals surface area contributed by atoms with E-state index in [-0.39, 0.29) is 18.3 Å². The van der Waals surface area contributed by atoms with Crippen LogP contribution in [0.3, 0.4) is 0 Å². The van der Waals surface area contributed by atoms with Gasteiger partial charge in [-0.15, -0.1) is 0 Å². The second-order valence-corrected chi connectivity index (χ2v) is 11.0. The molecule has 38 heavy (non-hydrogen) atoms. The lowest BCUT2D eigenvalue weighted by atomic mass is 9.95. The Hall–Kier alpha value is -3.17. The van der Waals surface area contributed by atoms with Crippen LogP contribution in [0.1, 0.15) is 57.4 Å². The standard InChI is InChI=1S/C29H31BrN2O5S/c1-7-35-22-14-19(13-21(30)26(22)37-16(3)4)15-23-27(33)32-25(20-11-9-17(5)10-12-20)24(28(34)36-8-2)18(6)31-29(32)38-23/h9-16,25H,7-8H2,1-6H3/b23-15-/t25-/m1/s1. The van der Waals surface area contributed by atoms with Crippen LogP contribution in [-0.4, -0.2) is 29.9 Å². The van der Waals surface area contributed by atoms with Crippen LogP contribution in [0.2, 0.25) is 0 Å². The molecule has 0 amide bonds. The molecule has 0 bridgehead atoms. The Morgan fingerprint density at radius 1 is 1.16 bits per heavy atom. The van der Waals surface area contributed by atoms with Gasteiger partial charge in [0.05, 0.1) is 45.6 Å². The van der Waals surface area contributed by atoms with Gasteiger partial charge in [-0.3, -0.25) is 9.36 Å². The number of esters is 1. The molecule has 1 atom stereocenters. The molecule has 3 aromatic rings. The Kier molecular flexibility index (Phi) is 8.57. The van der Waals surface area contributed by atoms with Crippen LogP contribution < -0.4 is 24.4 Å². The highest BCUT2D eigenvalue weighted by atomic mass is 79.9. The zero-order chi connectivity index (χ0) is 27.6. The predicted molar refractivity (Wildman–Crippen MR) is 153 cm³/mol.